The standard InChI is InChI=1S/C12H7ClF3NO4/c13-7-1-5-3-8(11(18)19)10(12(14,15)16)21-9(5)6(2-7)4-17-20/h1-4,10,20H,(H,18,19)/b17-4-/t10-/m0/s1. The van der Waals surface area contributed by atoms with Gasteiger partial charge >= 0.3 is 12.1 Å². The van der Waals surface area contributed by atoms with Crippen LogP contribution >= 0.6 is 11.6 Å². The van der Waals surface area contributed by atoms with Crippen LogP contribution in [0.2, 0.25) is 5.02 Å². The smallest absolute Gasteiger partial charge is 0.430 e. The van der Waals surface area contributed by atoms with E-state index < -0.39 is 23.8 Å². The van der Waals surface area contributed by atoms with E-state index in [1.165, 1.54) is 12.1 Å². The Balaban J connectivity index is 2.65. The number of alkyl halides is 3. The van der Waals surface area contributed by atoms with E-state index in [0.717, 1.165) is 12.3 Å². The maximum Gasteiger partial charge on any atom is 0.430 e. The van der Waals surface area contributed by atoms with Gasteiger partial charge in [-0.3, -0.25) is 0 Å². The summed E-state index contributed by atoms with van der Waals surface area (Å²) in [6.07, 6.45) is -5.85. The Morgan fingerprint density at radius 3 is 2.62 bits per heavy atom. The third-order valence-electron chi connectivity index (χ3n) is 2.68. The number of hydrogen-bond donors (Lipinski definition) is 2. The molecular weight excluding hydrogens is 315 g/mol. The van der Waals surface area contributed by atoms with Crippen molar-refractivity contribution in [1.82, 2.24) is 0 Å². The van der Waals surface area contributed by atoms with Gasteiger partial charge in [0.15, 0.2) is 0 Å². The van der Waals surface area contributed by atoms with Crippen molar-refractivity contribution in [3.8, 4) is 5.75 Å². The molecule has 0 saturated carbocycles. The van der Waals surface area contributed by atoms with Crippen LogP contribution in [0.25, 0.3) is 6.08 Å². The molecule has 0 radical (unpaired) electrons. The van der Waals surface area contributed by atoms with Crippen molar-refractivity contribution in [2.75, 3.05) is 0 Å². The number of halogens is 4. The van der Waals surface area contributed by atoms with Crippen molar-refractivity contribution in [3.63, 3.8) is 0 Å². The predicted octanol–water partition coefficient (Wildman–Crippen LogP) is 2.94. The number of rotatable bonds is 2. The minimum absolute atomic E-state index is 0.00469. The molecule has 1 aromatic rings. The van der Waals surface area contributed by atoms with Crippen LogP contribution in [0, 0.1) is 0 Å². The van der Waals surface area contributed by atoms with Crippen molar-refractivity contribution < 1.29 is 33.0 Å². The average Bonchev–Trinajstić information content (AvgIpc) is 2.36. The van der Waals surface area contributed by atoms with Crippen molar-refractivity contribution in [1.29, 1.82) is 0 Å². The van der Waals surface area contributed by atoms with Crippen molar-refractivity contribution >= 4 is 29.9 Å². The molecule has 2 rings (SSSR count). The van der Waals surface area contributed by atoms with Gasteiger partial charge in [-0.25, -0.2) is 4.79 Å². The molecule has 112 valence electrons. The van der Waals surface area contributed by atoms with Crippen LogP contribution in [-0.2, 0) is 4.79 Å². The number of oxime groups is 1. The summed E-state index contributed by atoms with van der Waals surface area (Å²) in [5.41, 5.74) is -0.908. The van der Waals surface area contributed by atoms with Crippen LogP contribution in [0.5, 0.6) is 5.75 Å². The first-order valence-corrected chi connectivity index (χ1v) is 5.81. The van der Waals surface area contributed by atoms with Gasteiger partial charge in [0.2, 0.25) is 6.10 Å². The molecule has 0 unspecified atom stereocenters. The Kier molecular flexibility index (Phi) is 3.82. The Morgan fingerprint density at radius 2 is 2.10 bits per heavy atom. The van der Waals surface area contributed by atoms with Gasteiger partial charge in [0.25, 0.3) is 0 Å². The highest BCUT2D eigenvalue weighted by Crippen LogP contribution is 2.39. The van der Waals surface area contributed by atoms with E-state index in [1.54, 1.807) is 0 Å². The van der Waals surface area contributed by atoms with E-state index in [-0.39, 0.29) is 21.9 Å². The zero-order chi connectivity index (χ0) is 15.8. The summed E-state index contributed by atoms with van der Waals surface area (Å²) in [6.45, 7) is 0. The lowest BCUT2D eigenvalue weighted by molar-refractivity contribution is -0.187. The fraction of sp³-hybridized carbons (Fsp3) is 0.167. The highest BCUT2D eigenvalue weighted by atomic mass is 35.5. The second-order valence-electron chi connectivity index (χ2n) is 4.10. The molecule has 0 spiro atoms. The number of hydrogen-bond acceptors (Lipinski definition) is 4. The minimum Gasteiger partial charge on any atom is -0.478 e. The van der Waals surface area contributed by atoms with E-state index in [1.807, 2.05) is 0 Å². The van der Waals surface area contributed by atoms with Crippen LogP contribution in [0.3, 0.4) is 0 Å². The van der Waals surface area contributed by atoms with E-state index in [9.17, 15) is 18.0 Å². The normalized spacial score (nSPS) is 18.1. The second-order valence-corrected chi connectivity index (χ2v) is 4.54. The molecule has 0 saturated heterocycles. The second kappa shape index (κ2) is 5.28. The fourth-order valence-corrected chi connectivity index (χ4v) is 2.11. The first-order valence-electron chi connectivity index (χ1n) is 5.43. The van der Waals surface area contributed by atoms with Gasteiger partial charge < -0.3 is 15.1 Å². The lowest BCUT2D eigenvalue weighted by Gasteiger charge is -2.28. The predicted molar refractivity (Wildman–Crippen MR) is 66.9 cm³/mol. The number of fused-ring (bicyclic) bond motifs is 1. The summed E-state index contributed by atoms with van der Waals surface area (Å²) in [4.78, 5) is 11.0. The highest BCUT2D eigenvalue weighted by Gasteiger charge is 2.48. The number of benzene rings is 1. The van der Waals surface area contributed by atoms with Crippen molar-refractivity contribution in [2.45, 2.75) is 12.3 Å². The topological polar surface area (TPSA) is 79.1 Å². The lowest BCUT2D eigenvalue weighted by Crippen LogP contribution is -2.40. The molecule has 0 bridgehead atoms. The number of carboxylic acids is 1. The Bertz CT molecular complexity index is 655. The Labute approximate surface area is 120 Å². The summed E-state index contributed by atoms with van der Waals surface area (Å²) in [5, 5.41) is 20.2. The molecule has 1 aromatic carbocycles. The molecule has 0 amide bonds. The van der Waals surface area contributed by atoms with Gasteiger partial charge in [0, 0.05) is 16.1 Å². The van der Waals surface area contributed by atoms with Crippen LogP contribution in [0.15, 0.2) is 22.9 Å². The van der Waals surface area contributed by atoms with Crippen LogP contribution in [0.1, 0.15) is 11.1 Å². The minimum atomic E-state index is -4.91. The van der Waals surface area contributed by atoms with Gasteiger partial charge in [-0.15, -0.1) is 0 Å². The molecule has 0 aromatic heterocycles. The van der Waals surface area contributed by atoms with Crippen molar-refractivity contribution in [3.05, 3.63) is 33.9 Å². The molecular formula is C12H7ClF3NO4. The molecule has 21 heavy (non-hydrogen) atoms. The third kappa shape index (κ3) is 2.94. The molecule has 1 aliphatic rings. The lowest BCUT2D eigenvalue weighted by atomic mass is 9.99. The summed E-state index contributed by atoms with van der Waals surface area (Å²) >= 11 is 5.77. The van der Waals surface area contributed by atoms with Crippen LogP contribution < -0.4 is 4.74 Å². The van der Waals surface area contributed by atoms with Crippen LogP contribution in [0.4, 0.5) is 13.2 Å². The van der Waals surface area contributed by atoms with E-state index >= 15 is 0 Å². The summed E-state index contributed by atoms with van der Waals surface area (Å²) < 4.78 is 43.5. The molecule has 0 aliphatic carbocycles. The number of ether oxygens (including phenoxy) is 1. The quantitative estimate of drug-likeness (QED) is 0.498. The maximum atomic E-state index is 12.9. The van der Waals surface area contributed by atoms with E-state index in [2.05, 4.69) is 5.16 Å². The largest absolute Gasteiger partial charge is 0.478 e. The highest BCUT2D eigenvalue weighted by molar-refractivity contribution is 6.31. The summed E-state index contributed by atoms with van der Waals surface area (Å²) in [5.74, 6) is -2.01. The third-order valence-corrected chi connectivity index (χ3v) is 2.90. The molecule has 0 fully saturated rings. The molecule has 9 heteroatoms. The molecule has 5 nitrogen and oxygen atoms in total. The molecule has 1 heterocycles. The van der Waals surface area contributed by atoms with E-state index in [4.69, 9.17) is 26.7 Å². The first kappa shape index (κ1) is 15.2. The molecule has 1 atom stereocenters. The number of carbonyl (C=O) groups is 1. The zero-order valence-corrected chi connectivity index (χ0v) is 10.8. The number of nitrogens with zero attached hydrogens (tertiary/aromatic N) is 1. The Morgan fingerprint density at radius 1 is 1.43 bits per heavy atom. The van der Waals surface area contributed by atoms with Crippen LogP contribution in [-0.4, -0.2) is 34.8 Å². The number of carboxylic acid groups (broad SMARTS) is 1. The Hall–Kier alpha value is -2.22. The monoisotopic (exact) mass is 321 g/mol. The van der Waals surface area contributed by atoms with Gasteiger partial charge in [-0.05, 0) is 18.2 Å². The van der Waals surface area contributed by atoms with Gasteiger partial charge in [-0.1, -0.05) is 16.8 Å². The molecule has 1 aliphatic heterocycles. The zero-order valence-electron chi connectivity index (χ0n) is 10.1. The first-order chi connectivity index (χ1) is 9.74. The average molecular weight is 322 g/mol. The van der Waals surface area contributed by atoms with Crippen molar-refractivity contribution in [2.24, 2.45) is 5.16 Å². The maximum absolute atomic E-state index is 12.9. The van der Waals surface area contributed by atoms with E-state index in [0.29, 0.717) is 0 Å². The SMILES string of the molecule is O=C(O)C1=Cc2cc(Cl)cc(/C=N\O)c2O[C@@H]1C(F)(F)F. The summed E-state index contributed by atoms with van der Waals surface area (Å²) in [6, 6.07) is 2.48. The van der Waals surface area contributed by atoms with Gasteiger partial charge in [0.05, 0.1) is 11.8 Å². The van der Waals surface area contributed by atoms with Gasteiger partial charge in [-0.2, -0.15) is 13.2 Å². The summed E-state index contributed by atoms with van der Waals surface area (Å²) in [7, 11) is 0. The fourth-order valence-electron chi connectivity index (χ4n) is 1.88. The molecule has 2 N–H and O–H groups in total. The number of aliphatic carboxylic acids is 1. The van der Waals surface area contributed by atoms with Gasteiger partial charge in [0.1, 0.15) is 5.75 Å².